The lowest BCUT2D eigenvalue weighted by Crippen LogP contribution is -2.47. The van der Waals surface area contributed by atoms with Gasteiger partial charge in [-0.3, -0.25) is 0 Å². The minimum Gasteiger partial charge on any atom is -0.387 e. The summed E-state index contributed by atoms with van der Waals surface area (Å²) in [4.78, 5) is 11.4. The number of aliphatic hydroxyl groups is 1. The van der Waals surface area contributed by atoms with Crippen molar-refractivity contribution in [2.75, 3.05) is 6.54 Å². The van der Waals surface area contributed by atoms with Crippen molar-refractivity contribution in [3.05, 3.63) is 22.4 Å². The first-order valence-electron chi connectivity index (χ1n) is 5.14. The van der Waals surface area contributed by atoms with Gasteiger partial charge in [-0.05, 0) is 43.2 Å². The number of amides is 2. The van der Waals surface area contributed by atoms with Gasteiger partial charge in [-0.1, -0.05) is 0 Å². The van der Waals surface area contributed by atoms with Crippen molar-refractivity contribution in [3.63, 3.8) is 0 Å². The van der Waals surface area contributed by atoms with Gasteiger partial charge in [-0.2, -0.15) is 11.3 Å². The topological polar surface area (TPSA) is 61.4 Å². The van der Waals surface area contributed by atoms with Crippen molar-refractivity contribution in [1.29, 1.82) is 0 Å². The maximum atomic E-state index is 11.4. The molecule has 5 heteroatoms. The highest BCUT2D eigenvalue weighted by atomic mass is 32.1. The molecule has 3 N–H and O–H groups in total. The van der Waals surface area contributed by atoms with Crippen LogP contribution in [0.4, 0.5) is 4.79 Å². The quantitative estimate of drug-likeness (QED) is 0.758. The minimum absolute atomic E-state index is 0.221. The van der Waals surface area contributed by atoms with Crippen LogP contribution in [0.2, 0.25) is 0 Å². The lowest BCUT2D eigenvalue weighted by molar-refractivity contribution is 0.172. The molecule has 0 spiro atoms. The van der Waals surface area contributed by atoms with Gasteiger partial charge in [0.1, 0.15) is 0 Å². The molecule has 0 saturated carbocycles. The maximum absolute atomic E-state index is 11.4. The molecule has 0 bridgehead atoms. The molecule has 0 aliphatic rings. The molecule has 0 radical (unpaired) electrons. The molecular weight excluding hydrogens is 224 g/mol. The summed E-state index contributed by atoms with van der Waals surface area (Å²) < 4.78 is 0. The number of aliphatic hydroxyl groups excluding tert-OH is 1. The van der Waals surface area contributed by atoms with Crippen LogP contribution in [0, 0.1) is 0 Å². The van der Waals surface area contributed by atoms with Crippen LogP contribution in [0.15, 0.2) is 16.8 Å². The largest absolute Gasteiger partial charge is 0.387 e. The number of hydrogen-bond acceptors (Lipinski definition) is 3. The van der Waals surface area contributed by atoms with Gasteiger partial charge in [0.2, 0.25) is 0 Å². The molecule has 1 aromatic heterocycles. The first kappa shape index (κ1) is 13.0. The Labute approximate surface area is 99.7 Å². The third-order valence-corrected chi connectivity index (χ3v) is 2.57. The van der Waals surface area contributed by atoms with Crippen LogP contribution in [-0.4, -0.2) is 23.2 Å². The second kappa shape index (κ2) is 5.32. The lowest BCUT2D eigenvalue weighted by Gasteiger charge is -2.21. The Hall–Kier alpha value is -1.07. The van der Waals surface area contributed by atoms with Gasteiger partial charge in [0.25, 0.3) is 0 Å². The van der Waals surface area contributed by atoms with Crippen LogP contribution in [-0.2, 0) is 0 Å². The van der Waals surface area contributed by atoms with Crippen molar-refractivity contribution in [3.8, 4) is 0 Å². The number of urea groups is 1. The molecule has 1 heterocycles. The first-order valence-corrected chi connectivity index (χ1v) is 6.09. The smallest absolute Gasteiger partial charge is 0.315 e. The number of nitrogens with one attached hydrogen (secondary N) is 2. The van der Waals surface area contributed by atoms with Crippen molar-refractivity contribution in [2.24, 2.45) is 0 Å². The predicted octanol–water partition coefficient (Wildman–Crippen LogP) is 1.88. The summed E-state index contributed by atoms with van der Waals surface area (Å²) in [5.41, 5.74) is 0.568. The molecule has 0 aromatic carbocycles. The summed E-state index contributed by atoms with van der Waals surface area (Å²) >= 11 is 1.52. The van der Waals surface area contributed by atoms with Gasteiger partial charge < -0.3 is 15.7 Å². The highest BCUT2D eigenvalue weighted by Crippen LogP contribution is 2.14. The lowest BCUT2D eigenvalue weighted by atomic mass is 10.1. The van der Waals surface area contributed by atoms with E-state index in [9.17, 15) is 9.90 Å². The summed E-state index contributed by atoms with van der Waals surface area (Å²) in [7, 11) is 0. The van der Waals surface area contributed by atoms with E-state index < -0.39 is 6.10 Å². The molecule has 1 unspecified atom stereocenters. The average molecular weight is 242 g/mol. The predicted molar refractivity (Wildman–Crippen MR) is 65.6 cm³/mol. The molecule has 16 heavy (non-hydrogen) atoms. The molecule has 4 nitrogen and oxygen atoms in total. The summed E-state index contributed by atoms with van der Waals surface area (Å²) in [6.07, 6.45) is -0.642. The number of hydrogen-bond donors (Lipinski definition) is 3. The monoisotopic (exact) mass is 242 g/mol. The Bertz CT molecular complexity index is 330. The Balaban J connectivity index is 2.32. The van der Waals surface area contributed by atoms with Crippen LogP contribution in [0.5, 0.6) is 0 Å². The van der Waals surface area contributed by atoms with E-state index in [4.69, 9.17) is 0 Å². The van der Waals surface area contributed by atoms with Gasteiger partial charge in [0.15, 0.2) is 0 Å². The van der Waals surface area contributed by atoms with E-state index in [1.807, 2.05) is 37.6 Å². The van der Waals surface area contributed by atoms with Crippen molar-refractivity contribution < 1.29 is 9.90 Å². The Morgan fingerprint density at radius 3 is 2.75 bits per heavy atom. The molecule has 0 aliphatic carbocycles. The maximum Gasteiger partial charge on any atom is 0.315 e. The average Bonchev–Trinajstić information content (AvgIpc) is 2.64. The van der Waals surface area contributed by atoms with E-state index in [1.165, 1.54) is 11.3 Å². The molecule has 0 aliphatic heterocycles. The van der Waals surface area contributed by atoms with Gasteiger partial charge >= 0.3 is 6.03 Å². The van der Waals surface area contributed by atoms with E-state index in [0.717, 1.165) is 5.56 Å². The van der Waals surface area contributed by atoms with Crippen molar-refractivity contribution >= 4 is 17.4 Å². The van der Waals surface area contributed by atoms with E-state index >= 15 is 0 Å². The van der Waals surface area contributed by atoms with E-state index in [2.05, 4.69) is 10.6 Å². The van der Waals surface area contributed by atoms with E-state index in [1.54, 1.807) is 0 Å². The molecule has 2 amide bonds. The van der Waals surface area contributed by atoms with Crippen LogP contribution >= 0.6 is 11.3 Å². The number of rotatable bonds is 3. The molecule has 1 rings (SSSR count). The fourth-order valence-corrected chi connectivity index (χ4v) is 1.86. The Kier molecular flexibility index (Phi) is 4.32. The third kappa shape index (κ3) is 4.63. The summed E-state index contributed by atoms with van der Waals surface area (Å²) in [6.45, 7) is 5.93. The number of thiophene rings is 1. The van der Waals surface area contributed by atoms with Gasteiger partial charge in [0, 0.05) is 12.1 Å². The normalized spacial score (nSPS) is 13.2. The zero-order valence-electron chi connectivity index (χ0n) is 9.78. The molecule has 0 fully saturated rings. The Morgan fingerprint density at radius 1 is 1.56 bits per heavy atom. The first-order chi connectivity index (χ1) is 7.38. The molecule has 90 valence electrons. The zero-order chi connectivity index (χ0) is 12.2. The van der Waals surface area contributed by atoms with Gasteiger partial charge in [0.05, 0.1) is 6.10 Å². The molecule has 0 saturated heterocycles. The Morgan fingerprint density at radius 2 is 2.25 bits per heavy atom. The molecule has 1 atom stereocenters. The molecular formula is C11H18N2O2S. The fraction of sp³-hybridized carbons (Fsp3) is 0.545. The van der Waals surface area contributed by atoms with E-state index in [0.29, 0.717) is 0 Å². The van der Waals surface area contributed by atoms with Crippen LogP contribution in [0.3, 0.4) is 0 Å². The zero-order valence-corrected chi connectivity index (χ0v) is 10.6. The summed E-state index contributed by atoms with van der Waals surface area (Å²) in [5.74, 6) is 0. The summed E-state index contributed by atoms with van der Waals surface area (Å²) in [6, 6.07) is 1.58. The standard InChI is InChI=1S/C11H18N2O2S/c1-11(2,3)13-10(15)12-6-9(14)8-4-5-16-7-8/h4-5,7,9,14H,6H2,1-3H3,(H2,12,13,15). The third-order valence-electron chi connectivity index (χ3n) is 1.87. The van der Waals surface area contributed by atoms with Gasteiger partial charge in [-0.25, -0.2) is 4.79 Å². The fourth-order valence-electron chi connectivity index (χ4n) is 1.16. The SMILES string of the molecule is CC(C)(C)NC(=O)NCC(O)c1ccsc1. The van der Waals surface area contributed by atoms with Crippen LogP contribution < -0.4 is 10.6 Å². The summed E-state index contributed by atoms with van der Waals surface area (Å²) in [5, 5.41) is 18.9. The van der Waals surface area contributed by atoms with Crippen LogP contribution in [0.25, 0.3) is 0 Å². The molecule has 1 aromatic rings. The highest BCUT2D eigenvalue weighted by Gasteiger charge is 2.14. The highest BCUT2D eigenvalue weighted by molar-refractivity contribution is 7.07. The number of carbonyl (C=O) groups is 1. The van der Waals surface area contributed by atoms with Gasteiger partial charge in [-0.15, -0.1) is 0 Å². The second-order valence-electron chi connectivity index (χ2n) is 4.66. The van der Waals surface area contributed by atoms with Crippen molar-refractivity contribution in [1.82, 2.24) is 10.6 Å². The van der Waals surface area contributed by atoms with E-state index in [-0.39, 0.29) is 18.1 Å². The number of carbonyl (C=O) groups excluding carboxylic acids is 1. The van der Waals surface area contributed by atoms with Crippen LogP contribution in [0.1, 0.15) is 32.4 Å². The second-order valence-corrected chi connectivity index (χ2v) is 5.44. The van der Waals surface area contributed by atoms with Crippen molar-refractivity contribution in [2.45, 2.75) is 32.4 Å². The minimum atomic E-state index is -0.642.